The summed E-state index contributed by atoms with van der Waals surface area (Å²) in [7, 11) is 3.57. The van der Waals surface area contributed by atoms with Crippen LogP contribution in [0.5, 0.6) is 0 Å². The van der Waals surface area contributed by atoms with Gasteiger partial charge in [-0.1, -0.05) is 87.5 Å². The summed E-state index contributed by atoms with van der Waals surface area (Å²) in [6.45, 7) is 14.2. The number of benzene rings is 2. The fourth-order valence-electron chi connectivity index (χ4n) is 5.36. The first-order chi connectivity index (χ1) is 20.2. The monoisotopic (exact) mass is 571 g/mol. The molecule has 5 rings (SSSR count). The molecule has 42 heavy (non-hydrogen) atoms. The van der Waals surface area contributed by atoms with Crippen molar-refractivity contribution in [3.63, 3.8) is 0 Å². The maximum Gasteiger partial charge on any atom is 0.313 e. The molecule has 2 aromatic rings. The molecule has 1 N–H and O–H groups in total. The molecule has 1 heterocycles. The number of hydrogen-bond acceptors (Lipinski definition) is 5. The Morgan fingerprint density at radius 1 is 1.07 bits per heavy atom. The van der Waals surface area contributed by atoms with Crippen molar-refractivity contribution in [1.82, 2.24) is 0 Å². The van der Waals surface area contributed by atoms with E-state index in [0.717, 1.165) is 47.5 Å². The molecule has 226 valence electrons. The number of allylic oxidation sites excluding steroid dienone is 5. The number of hydrogen-bond donors (Lipinski definition) is 1. The van der Waals surface area contributed by atoms with E-state index in [9.17, 15) is 9.59 Å². The second-order valence-electron chi connectivity index (χ2n) is 10.4. The Hall–Kier alpha value is -4.06. The summed E-state index contributed by atoms with van der Waals surface area (Å²) < 4.78 is 5.28. The van der Waals surface area contributed by atoms with Crippen molar-refractivity contribution in [2.24, 2.45) is 21.3 Å². The highest BCUT2D eigenvalue weighted by Crippen LogP contribution is 2.52. The molecule has 0 aromatic heterocycles. The number of ether oxygens (including phenoxy) is 1. The van der Waals surface area contributed by atoms with E-state index in [1.54, 1.807) is 14.1 Å². The number of anilines is 1. The molecular formula is C36H49N3O3. The van der Waals surface area contributed by atoms with Crippen LogP contribution in [0.25, 0.3) is 0 Å². The summed E-state index contributed by atoms with van der Waals surface area (Å²) in [5.74, 6) is 0.0810. The third kappa shape index (κ3) is 9.23. The number of amides is 1. The highest BCUT2D eigenvalue weighted by Gasteiger charge is 2.55. The van der Waals surface area contributed by atoms with Gasteiger partial charge in [-0.15, -0.1) is 0 Å². The number of carbonyl (C=O) groups excluding carboxylic acids is 2. The minimum Gasteiger partial charge on any atom is -0.465 e. The number of rotatable bonds is 4. The quantitative estimate of drug-likeness (QED) is 0.230. The van der Waals surface area contributed by atoms with Gasteiger partial charge in [0.1, 0.15) is 0 Å². The molecule has 2 aliphatic carbocycles. The SMILES string of the molecule is C=C1CC2COC(=O)C2(Cc2ccc(NC(C)=O)cc2)C1.CC.CCc1ccccc1.CN=C1C=CC=C(C)C1=NC.[HH]. The van der Waals surface area contributed by atoms with Gasteiger partial charge in [-0.05, 0) is 67.5 Å². The van der Waals surface area contributed by atoms with Gasteiger partial charge < -0.3 is 10.1 Å². The van der Waals surface area contributed by atoms with Crippen LogP contribution in [0.3, 0.4) is 0 Å². The van der Waals surface area contributed by atoms with Gasteiger partial charge in [0.05, 0.1) is 23.4 Å². The zero-order chi connectivity index (χ0) is 31.1. The molecule has 6 heteroatoms. The highest BCUT2D eigenvalue weighted by molar-refractivity contribution is 6.52. The van der Waals surface area contributed by atoms with Crippen LogP contribution in [-0.2, 0) is 27.2 Å². The second-order valence-corrected chi connectivity index (χ2v) is 10.4. The summed E-state index contributed by atoms with van der Waals surface area (Å²) in [6.07, 6.45) is 9.43. The molecule has 1 amide bonds. The topological polar surface area (TPSA) is 80.1 Å². The van der Waals surface area contributed by atoms with E-state index in [4.69, 9.17) is 4.74 Å². The smallest absolute Gasteiger partial charge is 0.313 e. The van der Waals surface area contributed by atoms with Gasteiger partial charge >= 0.3 is 5.97 Å². The number of aryl methyl sites for hydroxylation is 1. The van der Waals surface area contributed by atoms with Crippen LogP contribution in [0.1, 0.15) is 60.0 Å². The van der Waals surface area contributed by atoms with Crippen LogP contribution >= 0.6 is 0 Å². The van der Waals surface area contributed by atoms with Crippen LogP contribution < -0.4 is 5.32 Å². The summed E-state index contributed by atoms with van der Waals surface area (Å²) in [4.78, 5) is 31.5. The van der Waals surface area contributed by atoms with Gasteiger partial charge in [0.2, 0.25) is 5.91 Å². The first-order valence-electron chi connectivity index (χ1n) is 14.8. The number of esters is 1. The van der Waals surface area contributed by atoms with E-state index < -0.39 is 5.41 Å². The Morgan fingerprint density at radius 3 is 2.26 bits per heavy atom. The summed E-state index contributed by atoms with van der Waals surface area (Å²) in [5, 5.41) is 2.74. The third-order valence-electron chi connectivity index (χ3n) is 7.43. The predicted molar refractivity (Wildman–Crippen MR) is 179 cm³/mol. The van der Waals surface area contributed by atoms with Crippen LogP contribution in [0.15, 0.2) is 101 Å². The van der Waals surface area contributed by atoms with E-state index in [1.807, 2.05) is 69.3 Å². The number of nitrogens with one attached hydrogen (secondary N) is 1. The van der Waals surface area contributed by atoms with Crippen LogP contribution in [-0.4, -0.2) is 44.0 Å². The highest BCUT2D eigenvalue weighted by atomic mass is 16.5. The zero-order valence-electron chi connectivity index (χ0n) is 26.4. The first-order valence-corrected chi connectivity index (χ1v) is 14.8. The van der Waals surface area contributed by atoms with Gasteiger partial charge in [0, 0.05) is 34.1 Å². The molecule has 1 aliphatic heterocycles. The minimum absolute atomic E-state index is 0. The largest absolute Gasteiger partial charge is 0.465 e. The van der Waals surface area contributed by atoms with E-state index in [0.29, 0.717) is 13.0 Å². The molecule has 0 bridgehead atoms. The summed E-state index contributed by atoms with van der Waals surface area (Å²) in [5.41, 5.74) is 7.12. The standard InChI is InChI=1S/C17H19NO3.C9H12N2.C8H10.C2H6.H2/c1-11-7-14-10-21-16(20)17(14,8-11)9-13-3-5-15(6-4-13)18-12(2)19;1-7-5-4-6-8(10-2)9(7)11-3;1-2-8-6-4-3-5-7-8;1-2;/h3-6,14H,1,7-10H2,2H3,(H,18,19);4-6H,1-3H3;3-7H,2H2,1H3;1-2H3;1H. The lowest BCUT2D eigenvalue weighted by Crippen LogP contribution is -2.31. The predicted octanol–water partition coefficient (Wildman–Crippen LogP) is 7.86. The van der Waals surface area contributed by atoms with Crippen LogP contribution in [0.4, 0.5) is 5.69 Å². The normalized spacial score (nSPS) is 22.0. The van der Waals surface area contributed by atoms with Gasteiger partial charge in [-0.25, -0.2) is 0 Å². The van der Waals surface area contributed by atoms with Crippen molar-refractivity contribution in [3.8, 4) is 0 Å². The minimum atomic E-state index is -0.424. The lowest BCUT2D eigenvalue weighted by Gasteiger charge is -2.24. The van der Waals surface area contributed by atoms with E-state index in [-0.39, 0.29) is 19.2 Å². The maximum atomic E-state index is 12.2. The van der Waals surface area contributed by atoms with Crippen molar-refractivity contribution in [3.05, 3.63) is 102 Å². The van der Waals surface area contributed by atoms with Gasteiger partial charge in [0.25, 0.3) is 0 Å². The number of aliphatic imine (C=N–C) groups is 2. The first kappa shape index (κ1) is 34.1. The number of cyclic esters (lactones) is 1. The van der Waals surface area contributed by atoms with Crippen LogP contribution in [0.2, 0.25) is 0 Å². The van der Waals surface area contributed by atoms with Crippen molar-refractivity contribution in [2.75, 3.05) is 26.0 Å². The third-order valence-corrected chi connectivity index (χ3v) is 7.43. The van der Waals surface area contributed by atoms with Gasteiger partial charge in [-0.2, -0.15) is 0 Å². The lowest BCUT2D eigenvalue weighted by atomic mass is 9.75. The molecular weight excluding hydrogens is 522 g/mol. The van der Waals surface area contributed by atoms with E-state index in [2.05, 4.69) is 53.1 Å². The molecule has 1 saturated carbocycles. The maximum absolute atomic E-state index is 12.2. The van der Waals surface area contributed by atoms with Crippen LogP contribution in [0, 0.1) is 11.3 Å². The van der Waals surface area contributed by atoms with Crippen molar-refractivity contribution < 1.29 is 15.8 Å². The van der Waals surface area contributed by atoms with E-state index >= 15 is 0 Å². The summed E-state index contributed by atoms with van der Waals surface area (Å²) >= 11 is 0. The molecule has 0 radical (unpaired) electrons. The van der Waals surface area contributed by atoms with E-state index in [1.165, 1.54) is 18.1 Å². The Balaban J connectivity index is 0.000000353. The molecule has 2 atom stereocenters. The molecule has 2 unspecified atom stereocenters. The average molecular weight is 572 g/mol. The Morgan fingerprint density at radius 2 is 1.74 bits per heavy atom. The van der Waals surface area contributed by atoms with Crippen molar-refractivity contribution in [2.45, 2.75) is 60.3 Å². The zero-order valence-corrected chi connectivity index (χ0v) is 26.4. The second kappa shape index (κ2) is 17.0. The Bertz CT molecular complexity index is 1330. The number of fused-ring (bicyclic) bond motifs is 1. The number of nitrogens with zero attached hydrogens (tertiary/aromatic N) is 2. The lowest BCUT2D eigenvalue weighted by molar-refractivity contribution is -0.146. The summed E-state index contributed by atoms with van der Waals surface area (Å²) in [6, 6.07) is 18.1. The molecule has 3 aliphatic rings. The van der Waals surface area contributed by atoms with Crippen molar-refractivity contribution in [1.29, 1.82) is 0 Å². The fraction of sp³-hybridized carbons (Fsp3) is 0.389. The Kier molecular flexibility index (Phi) is 13.8. The van der Waals surface area contributed by atoms with Crippen molar-refractivity contribution >= 4 is 29.0 Å². The number of carbonyl (C=O) groups is 2. The average Bonchev–Trinajstić information content (AvgIpc) is 3.48. The molecule has 0 spiro atoms. The molecule has 2 fully saturated rings. The Labute approximate surface area is 253 Å². The molecule has 6 nitrogen and oxygen atoms in total. The van der Waals surface area contributed by atoms with Gasteiger partial charge in [0.15, 0.2) is 0 Å². The molecule has 1 saturated heterocycles. The van der Waals surface area contributed by atoms with Gasteiger partial charge in [-0.3, -0.25) is 19.6 Å². The molecule has 2 aromatic carbocycles. The fourth-order valence-corrected chi connectivity index (χ4v) is 5.36.